The second-order valence-electron chi connectivity index (χ2n) is 5.41. The Balaban J connectivity index is 2.58. The van der Waals surface area contributed by atoms with Gasteiger partial charge in [0.1, 0.15) is 5.75 Å². The minimum Gasteiger partial charge on any atom is -0.435 e. The molecule has 0 fully saturated rings. The average Bonchev–Trinajstić information content (AvgIpc) is 2.37. The van der Waals surface area contributed by atoms with E-state index >= 15 is 0 Å². The van der Waals surface area contributed by atoms with Gasteiger partial charge in [-0.25, -0.2) is 0 Å². The Kier molecular flexibility index (Phi) is 6.55. The minimum absolute atomic E-state index is 0.0868. The Morgan fingerprint density at radius 2 is 1.81 bits per heavy atom. The Morgan fingerprint density at radius 1 is 1.24 bits per heavy atom. The molecule has 0 radical (unpaired) electrons. The van der Waals surface area contributed by atoms with Crippen molar-refractivity contribution in [3.05, 3.63) is 29.8 Å². The standard InChI is InChI=1S/C15H22F2N2O2/c1-9(2)8-13(18)14(20)19-10(3)11-4-6-12(7-5-11)21-15(16)17/h4-7,9-10,13,15H,8,18H2,1-3H3,(H,19,20)/t10?,13-/m0/s1. The van der Waals surface area contributed by atoms with E-state index in [4.69, 9.17) is 5.73 Å². The van der Waals surface area contributed by atoms with E-state index in [0.29, 0.717) is 12.3 Å². The molecule has 1 rings (SSSR count). The number of nitrogens with two attached hydrogens (primary N) is 1. The van der Waals surface area contributed by atoms with Crippen LogP contribution in [0, 0.1) is 5.92 Å². The first-order valence-corrected chi connectivity index (χ1v) is 6.90. The Hall–Kier alpha value is -1.69. The van der Waals surface area contributed by atoms with Gasteiger partial charge in [0.2, 0.25) is 5.91 Å². The van der Waals surface area contributed by atoms with Crippen molar-refractivity contribution in [1.82, 2.24) is 5.32 Å². The molecule has 6 heteroatoms. The van der Waals surface area contributed by atoms with Crippen LogP contribution in [0.25, 0.3) is 0 Å². The maximum Gasteiger partial charge on any atom is 0.387 e. The summed E-state index contributed by atoms with van der Waals surface area (Å²) in [7, 11) is 0. The average molecular weight is 300 g/mol. The van der Waals surface area contributed by atoms with Gasteiger partial charge in [0.15, 0.2) is 0 Å². The Labute approximate surface area is 123 Å². The lowest BCUT2D eigenvalue weighted by Gasteiger charge is -2.19. The quantitative estimate of drug-likeness (QED) is 0.814. The van der Waals surface area contributed by atoms with Gasteiger partial charge < -0.3 is 15.8 Å². The highest BCUT2D eigenvalue weighted by atomic mass is 19.3. The van der Waals surface area contributed by atoms with E-state index in [2.05, 4.69) is 10.1 Å². The zero-order valence-electron chi connectivity index (χ0n) is 12.5. The fourth-order valence-corrected chi connectivity index (χ4v) is 1.96. The molecule has 0 aromatic heterocycles. The molecule has 21 heavy (non-hydrogen) atoms. The maximum atomic E-state index is 12.1. The van der Waals surface area contributed by atoms with E-state index in [1.165, 1.54) is 12.1 Å². The van der Waals surface area contributed by atoms with E-state index < -0.39 is 12.7 Å². The van der Waals surface area contributed by atoms with Gasteiger partial charge in [0.05, 0.1) is 12.1 Å². The van der Waals surface area contributed by atoms with E-state index in [0.717, 1.165) is 5.56 Å². The zero-order chi connectivity index (χ0) is 16.0. The van der Waals surface area contributed by atoms with Gasteiger partial charge >= 0.3 is 6.61 Å². The van der Waals surface area contributed by atoms with Crippen molar-refractivity contribution < 1.29 is 18.3 Å². The highest BCUT2D eigenvalue weighted by Crippen LogP contribution is 2.19. The Morgan fingerprint density at radius 3 is 2.29 bits per heavy atom. The topological polar surface area (TPSA) is 64.4 Å². The van der Waals surface area contributed by atoms with Crippen LogP contribution >= 0.6 is 0 Å². The predicted octanol–water partition coefficient (Wildman–Crippen LogP) is 2.84. The predicted molar refractivity (Wildman–Crippen MR) is 77.1 cm³/mol. The van der Waals surface area contributed by atoms with Crippen molar-refractivity contribution in [1.29, 1.82) is 0 Å². The molecular formula is C15H22F2N2O2. The number of halogens is 2. The third-order valence-corrected chi connectivity index (χ3v) is 3.03. The molecule has 118 valence electrons. The largest absolute Gasteiger partial charge is 0.435 e. The summed E-state index contributed by atoms with van der Waals surface area (Å²) in [6.45, 7) is 2.96. The van der Waals surface area contributed by atoms with Crippen LogP contribution in [0.5, 0.6) is 5.75 Å². The summed E-state index contributed by atoms with van der Waals surface area (Å²) in [6.07, 6.45) is 0.611. The number of ether oxygens (including phenoxy) is 1. The highest BCUT2D eigenvalue weighted by molar-refractivity contribution is 5.81. The van der Waals surface area contributed by atoms with Crippen LogP contribution in [-0.4, -0.2) is 18.6 Å². The third kappa shape index (κ3) is 6.08. The van der Waals surface area contributed by atoms with Crippen LogP contribution in [0.15, 0.2) is 24.3 Å². The van der Waals surface area contributed by atoms with Crippen LogP contribution in [-0.2, 0) is 4.79 Å². The molecule has 1 aromatic rings. The first-order valence-electron chi connectivity index (χ1n) is 6.90. The minimum atomic E-state index is -2.85. The second kappa shape index (κ2) is 7.93. The number of hydrogen-bond donors (Lipinski definition) is 2. The van der Waals surface area contributed by atoms with Gasteiger partial charge in [-0.1, -0.05) is 26.0 Å². The van der Waals surface area contributed by atoms with E-state index in [-0.39, 0.29) is 17.7 Å². The number of amides is 1. The number of nitrogens with one attached hydrogen (secondary N) is 1. The van der Waals surface area contributed by atoms with Gasteiger partial charge in [0.25, 0.3) is 0 Å². The third-order valence-electron chi connectivity index (χ3n) is 3.03. The lowest BCUT2D eigenvalue weighted by atomic mass is 10.0. The molecule has 1 amide bonds. The van der Waals surface area contributed by atoms with Crippen LogP contribution < -0.4 is 15.8 Å². The molecule has 0 heterocycles. The molecule has 0 aliphatic heterocycles. The molecule has 3 N–H and O–H groups in total. The molecule has 0 aliphatic rings. The Bertz CT molecular complexity index is 449. The maximum absolute atomic E-state index is 12.1. The first-order chi connectivity index (χ1) is 9.79. The van der Waals surface area contributed by atoms with Gasteiger partial charge in [-0.15, -0.1) is 0 Å². The normalized spacial score (nSPS) is 14.1. The number of carbonyl (C=O) groups excluding carboxylic acids is 1. The molecule has 0 saturated heterocycles. The lowest BCUT2D eigenvalue weighted by Crippen LogP contribution is -2.42. The lowest BCUT2D eigenvalue weighted by molar-refractivity contribution is -0.123. The zero-order valence-corrected chi connectivity index (χ0v) is 12.5. The second-order valence-corrected chi connectivity index (χ2v) is 5.41. The van der Waals surface area contributed by atoms with Crippen molar-refractivity contribution >= 4 is 5.91 Å². The number of rotatable bonds is 7. The van der Waals surface area contributed by atoms with Crippen LogP contribution in [0.1, 0.15) is 38.8 Å². The first kappa shape index (κ1) is 17.4. The summed E-state index contributed by atoms with van der Waals surface area (Å²) in [4.78, 5) is 11.9. The summed E-state index contributed by atoms with van der Waals surface area (Å²) in [6, 6.07) is 5.36. The van der Waals surface area contributed by atoms with E-state index in [9.17, 15) is 13.6 Å². The van der Waals surface area contributed by atoms with Gasteiger partial charge in [-0.05, 0) is 37.0 Å². The molecule has 1 unspecified atom stereocenters. The SMILES string of the molecule is CC(C)C[C@H](N)C(=O)NC(C)c1ccc(OC(F)F)cc1. The molecule has 0 saturated carbocycles. The fraction of sp³-hybridized carbons (Fsp3) is 0.533. The van der Waals surface area contributed by atoms with Crippen molar-refractivity contribution in [3.63, 3.8) is 0 Å². The van der Waals surface area contributed by atoms with Crippen molar-refractivity contribution in [2.75, 3.05) is 0 Å². The molecule has 1 aromatic carbocycles. The summed E-state index contributed by atoms with van der Waals surface area (Å²) in [5.41, 5.74) is 6.60. The van der Waals surface area contributed by atoms with Crippen molar-refractivity contribution in [3.8, 4) is 5.75 Å². The number of hydrogen-bond acceptors (Lipinski definition) is 3. The van der Waals surface area contributed by atoms with Crippen LogP contribution in [0.3, 0.4) is 0 Å². The van der Waals surface area contributed by atoms with E-state index in [1.807, 2.05) is 20.8 Å². The van der Waals surface area contributed by atoms with Gasteiger partial charge in [-0.2, -0.15) is 8.78 Å². The summed E-state index contributed by atoms with van der Waals surface area (Å²) < 4.78 is 28.4. The summed E-state index contributed by atoms with van der Waals surface area (Å²) >= 11 is 0. The summed E-state index contributed by atoms with van der Waals surface area (Å²) in [5, 5.41) is 2.81. The molecule has 4 nitrogen and oxygen atoms in total. The summed E-state index contributed by atoms with van der Waals surface area (Å²) in [5.74, 6) is 0.208. The fourth-order valence-electron chi connectivity index (χ4n) is 1.96. The highest BCUT2D eigenvalue weighted by Gasteiger charge is 2.17. The smallest absolute Gasteiger partial charge is 0.387 e. The molecule has 0 bridgehead atoms. The van der Waals surface area contributed by atoms with Gasteiger partial charge in [0, 0.05) is 0 Å². The van der Waals surface area contributed by atoms with Gasteiger partial charge in [-0.3, -0.25) is 4.79 Å². The monoisotopic (exact) mass is 300 g/mol. The number of carbonyl (C=O) groups is 1. The van der Waals surface area contributed by atoms with Crippen LogP contribution in [0.2, 0.25) is 0 Å². The number of benzene rings is 1. The molecular weight excluding hydrogens is 278 g/mol. The van der Waals surface area contributed by atoms with Crippen molar-refractivity contribution in [2.24, 2.45) is 11.7 Å². The molecule has 2 atom stereocenters. The number of alkyl halides is 2. The molecule has 0 aliphatic carbocycles. The molecule has 0 spiro atoms. The van der Waals surface area contributed by atoms with Crippen molar-refractivity contribution in [2.45, 2.75) is 45.9 Å². The van der Waals surface area contributed by atoms with E-state index in [1.54, 1.807) is 12.1 Å². The van der Waals surface area contributed by atoms with Crippen LogP contribution in [0.4, 0.5) is 8.78 Å².